The molecule has 0 aliphatic heterocycles. The first kappa shape index (κ1) is 9.77. The SMILES string of the molecule is CCCCc1c(N)nc(=O)[nH]c1C. The Hall–Kier alpha value is -1.32. The Kier molecular flexibility index (Phi) is 3.06. The van der Waals surface area contributed by atoms with Crippen molar-refractivity contribution in [3.05, 3.63) is 21.7 Å². The molecule has 4 nitrogen and oxygen atoms in total. The van der Waals surface area contributed by atoms with E-state index in [4.69, 9.17) is 5.73 Å². The van der Waals surface area contributed by atoms with Crippen LogP contribution in [0.15, 0.2) is 4.79 Å². The quantitative estimate of drug-likeness (QED) is 0.730. The number of nitrogens with one attached hydrogen (secondary N) is 1. The molecule has 3 N–H and O–H groups in total. The molecule has 0 saturated carbocycles. The first-order valence-corrected chi connectivity index (χ1v) is 4.50. The zero-order valence-corrected chi connectivity index (χ0v) is 8.05. The Labute approximate surface area is 77.2 Å². The zero-order valence-electron chi connectivity index (χ0n) is 8.05. The summed E-state index contributed by atoms with van der Waals surface area (Å²) in [7, 11) is 0. The van der Waals surface area contributed by atoms with E-state index < -0.39 is 0 Å². The van der Waals surface area contributed by atoms with Gasteiger partial charge in [-0.3, -0.25) is 0 Å². The number of unbranched alkanes of at least 4 members (excludes halogenated alkanes) is 1. The molecule has 0 atom stereocenters. The number of nitrogens with zero attached hydrogens (tertiary/aromatic N) is 1. The number of aromatic nitrogens is 2. The van der Waals surface area contributed by atoms with Gasteiger partial charge in [0, 0.05) is 11.3 Å². The summed E-state index contributed by atoms with van der Waals surface area (Å²) in [5, 5.41) is 0. The fraction of sp³-hybridized carbons (Fsp3) is 0.556. The number of H-pyrrole nitrogens is 1. The van der Waals surface area contributed by atoms with Crippen LogP contribution in [0.3, 0.4) is 0 Å². The van der Waals surface area contributed by atoms with Gasteiger partial charge in [-0.05, 0) is 19.8 Å². The van der Waals surface area contributed by atoms with Gasteiger partial charge >= 0.3 is 5.69 Å². The number of aromatic amines is 1. The van der Waals surface area contributed by atoms with Gasteiger partial charge in [0.1, 0.15) is 5.82 Å². The third-order valence-corrected chi connectivity index (χ3v) is 2.06. The third-order valence-electron chi connectivity index (χ3n) is 2.06. The van der Waals surface area contributed by atoms with E-state index in [1.54, 1.807) is 0 Å². The maximum atomic E-state index is 10.9. The highest BCUT2D eigenvalue weighted by atomic mass is 16.1. The van der Waals surface area contributed by atoms with Crippen molar-refractivity contribution in [2.75, 3.05) is 5.73 Å². The van der Waals surface area contributed by atoms with Crippen LogP contribution in [0.2, 0.25) is 0 Å². The number of hydrogen-bond acceptors (Lipinski definition) is 3. The lowest BCUT2D eigenvalue weighted by Crippen LogP contribution is -2.17. The predicted octanol–water partition coefficient (Wildman–Crippen LogP) is 1.00. The summed E-state index contributed by atoms with van der Waals surface area (Å²) in [6.45, 7) is 3.97. The van der Waals surface area contributed by atoms with Gasteiger partial charge in [-0.2, -0.15) is 4.98 Å². The maximum Gasteiger partial charge on any atom is 0.347 e. The molecule has 0 spiro atoms. The molecular weight excluding hydrogens is 166 g/mol. The fourth-order valence-electron chi connectivity index (χ4n) is 1.30. The van der Waals surface area contributed by atoms with Crippen molar-refractivity contribution in [3.8, 4) is 0 Å². The van der Waals surface area contributed by atoms with Crippen LogP contribution >= 0.6 is 0 Å². The topological polar surface area (TPSA) is 71.8 Å². The summed E-state index contributed by atoms with van der Waals surface area (Å²) in [5.41, 5.74) is 7.08. The zero-order chi connectivity index (χ0) is 9.84. The van der Waals surface area contributed by atoms with Gasteiger partial charge in [0.2, 0.25) is 0 Å². The second-order valence-electron chi connectivity index (χ2n) is 3.13. The minimum Gasteiger partial charge on any atom is -0.383 e. The van der Waals surface area contributed by atoms with Gasteiger partial charge < -0.3 is 10.7 Å². The molecule has 13 heavy (non-hydrogen) atoms. The molecule has 0 fully saturated rings. The van der Waals surface area contributed by atoms with Gasteiger partial charge in [-0.15, -0.1) is 0 Å². The number of hydrogen-bond donors (Lipinski definition) is 2. The Morgan fingerprint density at radius 3 is 2.77 bits per heavy atom. The number of rotatable bonds is 3. The van der Waals surface area contributed by atoms with Crippen LogP contribution in [0.25, 0.3) is 0 Å². The van der Waals surface area contributed by atoms with Crippen molar-refractivity contribution in [1.29, 1.82) is 0 Å². The van der Waals surface area contributed by atoms with Crippen molar-refractivity contribution < 1.29 is 0 Å². The van der Waals surface area contributed by atoms with E-state index >= 15 is 0 Å². The molecule has 72 valence electrons. The molecular formula is C9H15N3O. The van der Waals surface area contributed by atoms with E-state index in [1.165, 1.54) is 0 Å². The van der Waals surface area contributed by atoms with Crippen LogP contribution in [-0.4, -0.2) is 9.97 Å². The summed E-state index contributed by atoms with van der Waals surface area (Å²) in [4.78, 5) is 17.2. The predicted molar refractivity (Wildman–Crippen MR) is 52.6 cm³/mol. The average Bonchev–Trinajstić information content (AvgIpc) is 2.02. The van der Waals surface area contributed by atoms with Gasteiger partial charge in [0.05, 0.1) is 0 Å². The highest BCUT2D eigenvalue weighted by Crippen LogP contribution is 2.12. The van der Waals surface area contributed by atoms with Gasteiger partial charge in [-0.1, -0.05) is 13.3 Å². The lowest BCUT2D eigenvalue weighted by molar-refractivity contribution is 0.780. The molecule has 0 bridgehead atoms. The average molecular weight is 181 g/mol. The van der Waals surface area contributed by atoms with Crippen molar-refractivity contribution >= 4 is 5.82 Å². The van der Waals surface area contributed by atoms with Crippen molar-refractivity contribution in [2.24, 2.45) is 0 Å². The molecule has 0 saturated heterocycles. The van der Waals surface area contributed by atoms with Crippen LogP contribution in [0.1, 0.15) is 31.0 Å². The molecule has 4 heteroatoms. The van der Waals surface area contributed by atoms with Crippen LogP contribution in [-0.2, 0) is 6.42 Å². The summed E-state index contributed by atoms with van der Waals surface area (Å²) in [6.07, 6.45) is 3.06. The highest BCUT2D eigenvalue weighted by Gasteiger charge is 2.05. The van der Waals surface area contributed by atoms with Crippen molar-refractivity contribution in [1.82, 2.24) is 9.97 Å². The fourth-order valence-corrected chi connectivity index (χ4v) is 1.30. The van der Waals surface area contributed by atoms with E-state index in [1.807, 2.05) is 6.92 Å². The summed E-state index contributed by atoms with van der Waals surface area (Å²) >= 11 is 0. The summed E-state index contributed by atoms with van der Waals surface area (Å²) in [5.74, 6) is 0.370. The molecule has 1 heterocycles. The number of aryl methyl sites for hydroxylation is 1. The Morgan fingerprint density at radius 1 is 1.54 bits per heavy atom. The van der Waals surface area contributed by atoms with Gasteiger partial charge in [-0.25, -0.2) is 4.79 Å². The first-order valence-electron chi connectivity index (χ1n) is 4.50. The monoisotopic (exact) mass is 181 g/mol. The number of nitrogens with two attached hydrogens (primary N) is 1. The lowest BCUT2D eigenvalue weighted by Gasteiger charge is -2.06. The van der Waals surface area contributed by atoms with E-state index in [0.717, 1.165) is 30.5 Å². The van der Waals surface area contributed by atoms with E-state index in [-0.39, 0.29) is 5.69 Å². The molecule has 0 radical (unpaired) electrons. The second-order valence-corrected chi connectivity index (χ2v) is 3.13. The molecule has 0 unspecified atom stereocenters. The molecule has 1 rings (SSSR count). The number of nitrogen functional groups attached to an aromatic ring is 1. The van der Waals surface area contributed by atoms with E-state index in [9.17, 15) is 4.79 Å². The van der Waals surface area contributed by atoms with Crippen LogP contribution in [0, 0.1) is 6.92 Å². The van der Waals surface area contributed by atoms with Gasteiger partial charge in [0.15, 0.2) is 0 Å². The maximum absolute atomic E-state index is 10.9. The van der Waals surface area contributed by atoms with Crippen LogP contribution in [0.4, 0.5) is 5.82 Å². The second kappa shape index (κ2) is 4.07. The Bertz CT molecular complexity index is 317. The summed E-state index contributed by atoms with van der Waals surface area (Å²) in [6, 6.07) is 0. The first-order chi connectivity index (χ1) is 6.15. The van der Waals surface area contributed by atoms with Crippen LogP contribution < -0.4 is 11.4 Å². The normalized spacial score (nSPS) is 10.3. The lowest BCUT2D eigenvalue weighted by atomic mass is 10.1. The van der Waals surface area contributed by atoms with E-state index in [0.29, 0.717) is 5.82 Å². The Balaban J connectivity index is 2.99. The van der Waals surface area contributed by atoms with Crippen molar-refractivity contribution in [2.45, 2.75) is 33.1 Å². The highest BCUT2D eigenvalue weighted by molar-refractivity contribution is 5.40. The molecule has 0 aliphatic rings. The summed E-state index contributed by atoms with van der Waals surface area (Å²) < 4.78 is 0. The van der Waals surface area contributed by atoms with Crippen LogP contribution in [0.5, 0.6) is 0 Å². The smallest absolute Gasteiger partial charge is 0.347 e. The molecule has 0 amide bonds. The molecule has 0 aliphatic carbocycles. The molecule has 0 aromatic carbocycles. The molecule has 1 aromatic rings. The minimum absolute atomic E-state index is 0.366. The number of anilines is 1. The third kappa shape index (κ3) is 2.31. The van der Waals surface area contributed by atoms with E-state index in [2.05, 4.69) is 16.9 Å². The minimum atomic E-state index is -0.366. The van der Waals surface area contributed by atoms with Crippen molar-refractivity contribution in [3.63, 3.8) is 0 Å². The van der Waals surface area contributed by atoms with Gasteiger partial charge in [0.25, 0.3) is 0 Å². The Morgan fingerprint density at radius 2 is 2.23 bits per heavy atom. The molecule has 1 aromatic heterocycles. The largest absolute Gasteiger partial charge is 0.383 e. The standard InChI is InChI=1S/C9H15N3O/c1-3-4-5-7-6(2)11-9(13)12-8(7)10/h3-5H2,1-2H3,(H3,10,11,12,13).